The number of nitrogen functional groups attached to an aromatic ring is 1. The third kappa shape index (κ3) is 5.15. The molecule has 45 heavy (non-hydrogen) atoms. The van der Waals surface area contributed by atoms with Crippen molar-refractivity contribution in [3.63, 3.8) is 0 Å². The third-order valence-corrected chi connectivity index (χ3v) is 8.80. The van der Waals surface area contributed by atoms with Gasteiger partial charge in [0.05, 0.1) is 11.4 Å². The van der Waals surface area contributed by atoms with Crippen LogP contribution in [0, 0.1) is 20.8 Å². The Hall–Kier alpha value is -5.27. The summed E-state index contributed by atoms with van der Waals surface area (Å²) in [5.41, 5.74) is 18.0. The highest BCUT2D eigenvalue weighted by Crippen LogP contribution is 2.38. The number of rotatable bonds is 3. The number of hydrogen-bond acceptors (Lipinski definition) is 4. The lowest BCUT2D eigenvalue weighted by atomic mass is 9.87. The van der Waals surface area contributed by atoms with Crippen molar-refractivity contribution < 1.29 is 4.79 Å². The average molecular weight is 593 g/mol. The zero-order chi connectivity index (χ0) is 31.5. The van der Waals surface area contributed by atoms with E-state index >= 15 is 0 Å². The number of amides is 1. The molecule has 0 saturated heterocycles. The lowest BCUT2D eigenvalue weighted by Gasteiger charge is -2.15. The van der Waals surface area contributed by atoms with Gasteiger partial charge in [0.1, 0.15) is 0 Å². The number of fused-ring (bicyclic) bond motifs is 8. The second-order valence-electron chi connectivity index (χ2n) is 12.8. The van der Waals surface area contributed by atoms with Crippen molar-refractivity contribution in [2.45, 2.75) is 46.5 Å². The quantitative estimate of drug-likeness (QED) is 0.0952. The molecule has 7 heteroatoms. The fourth-order valence-corrected chi connectivity index (χ4v) is 6.74. The number of aromatic nitrogens is 4. The number of H-pyrrole nitrogens is 2. The molecule has 7 rings (SSSR count). The number of aryl methyl sites for hydroxylation is 3. The van der Waals surface area contributed by atoms with E-state index in [1.807, 2.05) is 12.1 Å². The lowest BCUT2D eigenvalue weighted by Crippen LogP contribution is -2.29. The maximum absolute atomic E-state index is 12.2. The molecule has 0 radical (unpaired) electrons. The maximum Gasteiger partial charge on any atom is 0.265 e. The van der Waals surface area contributed by atoms with Crippen LogP contribution in [0.1, 0.15) is 63.7 Å². The van der Waals surface area contributed by atoms with E-state index in [2.05, 4.69) is 111 Å². The highest BCUT2D eigenvalue weighted by atomic mass is 16.2. The normalized spacial score (nSPS) is 13.6. The minimum Gasteiger partial charge on any atom is -0.355 e. The zero-order valence-corrected chi connectivity index (χ0v) is 26.2. The third-order valence-electron chi connectivity index (χ3n) is 8.80. The highest BCUT2D eigenvalue weighted by Gasteiger charge is 2.28. The molecule has 2 aliphatic heterocycles. The number of nitrogens with zero attached hydrogens (tertiary/aromatic N) is 2. The second kappa shape index (κ2) is 10.7. The van der Waals surface area contributed by atoms with E-state index in [0.29, 0.717) is 5.56 Å². The Bertz CT molecular complexity index is 2180. The van der Waals surface area contributed by atoms with Crippen LogP contribution in [0.25, 0.3) is 56.5 Å². The summed E-state index contributed by atoms with van der Waals surface area (Å²) in [5, 5.41) is 0. The summed E-state index contributed by atoms with van der Waals surface area (Å²) in [5.74, 6) is 5.06. The van der Waals surface area contributed by atoms with E-state index in [9.17, 15) is 4.79 Å². The van der Waals surface area contributed by atoms with Crippen molar-refractivity contribution in [3.05, 3.63) is 118 Å². The van der Waals surface area contributed by atoms with Gasteiger partial charge in [-0.3, -0.25) is 15.2 Å². The van der Waals surface area contributed by atoms with Gasteiger partial charge in [0.25, 0.3) is 5.91 Å². The number of carbonyl (C=O) groups is 1. The van der Waals surface area contributed by atoms with Crippen molar-refractivity contribution in [1.29, 1.82) is 0 Å². The summed E-state index contributed by atoms with van der Waals surface area (Å²) in [6.07, 6.45) is 5.02. The lowest BCUT2D eigenvalue weighted by molar-refractivity contribution is 0.0953. The van der Waals surface area contributed by atoms with Gasteiger partial charge in [-0.1, -0.05) is 43.7 Å². The fourth-order valence-electron chi connectivity index (χ4n) is 6.74. The van der Waals surface area contributed by atoms with Crippen LogP contribution in [-0.2, 0) is 11.8 Å². The molecular formula is C38H36N6O. The van der Waals surface area contributed by atoms with Crippen LogP contribution in [0.15, 0.2) is 72.8 Å². The summed E-state index contributed by atoms with van der Waals surface area (Å²) in [6, 6.07) is 24.6. The number of nitrogens with one attached hydrogen (secondary N) is 3. The topological polar surface area (TPSA) is 112 Å². The van der Waals surface area contributed by atoms with Crippen LogP contribution >= 0.6 is 0 Å². The molecule has 1 amide bonds. The molecule has 0 saturated carbocycles. The van der Waals surface area contributed by atoms with Crippen molar-refractivity contribution >= 4 is 40.1 Å². The number of hydrogen-bond donors (Lipinski definition) is 4. The molecule has 224 valence electrons. The van der Waals surface area contributed by atoms with E-state index in [-0.39, 0.29) is 11.3 Å². The Balaban J connectivity index is 1.61. The standard InChI is InChI=1S/C38H36N6O/c1-21-16-22(2)34(23(3)17-21)36-31-13-10-26(40-31)18-28-20-38(4,5)33(42-28)19-27-11-12-29(41-27)35(30-14-15-32(36)43-30)24-6-8-25(9-7-24)37(45)44-39/h6-19,40-41H,20,39H2,1-5H3,(H,44,45). The van der Waals surface area contributed by atoms with Gasteiger partial charge in [0.2, 0.25) is 0 Å². The first kappa shape index (κ1) is 28.5. The summed E-state index contributed by atoms with van der Waals surface area (Å²) in [6.45, 7) is 10.9. The second-order valence-corrected chi connectivity index (χ2v) is 12.8. The summed E-state index contributed by atoms with van der Waals surface area (Å²) < 4.78 is 0. The van der Waals surface area contributed by atoms with E-state index in [0.717, 1.165) is 68.0 Å². The molecular weight excluding hydrogens is 556 g/mol. The van der Waals surface area contributed by atoms with Crippen molar-refractivity contribution in [3.8, 4) is 22.3 Å². The minimum absolute atomic E-state index is 0.110. The molecule has 0 atom stereocenters. The van der Waals surface area contributed by atoms with Gasteiger partial charge >= 0.3 is 0 Å². The predicted molar refractivity (Wildman–Crippen MR) is 183 cm³/mol. The molecule has 0 unspecified atom stereocenters. The Labute approximate surface area is 262 Å². The number of carbonyl (C=O) groups excluding carboxylic acids is 1. The average Bonchev–Trinajstić information content (AvgIpc) is 3.80. The molecule has 0 aliphatic carbocycles. The Morgan fingerprint density at radius 1 is 0.756 bits per heavy atom. The van der Waals surface area contributed by atoms with E-state index in [1.54, 1.807) is 12.1 Å². The number of benzene rings is 2. The Kier molecular flexibility index (Phi) is 6.79. The predicted octanol–water partition coefficient (Wildman–Crippen LogP) is 7.87. The number of nitrogens with two attached hydrogens (primary N) is 1. The molecule has 7 nitrogen and oxygen atoms in total. The largest absolute Gasteiger partial charge is 0.355 e. The molecule has 0 spiro atoms. The number of hydrazine groups is 1. The SMILES string of the molecule is Cc1cc(C)c(-c2c3nc(c(-c4ccc(C(=O)NN)cc4)c4ccc(cc5nc(cc6ccc2[nH]6)CC5(C)C)[nH]4)C=C3)c(C)c1. The minimum atomic E-state index is -0.336. The molecule has 2 aliphatic rings. The maximum atomic E-state index is 12.2. The first-order valence-electron chi connectivity index (χ1n) is 15.2. The Morgan fingerprint density at radius 3 is 2.00 bits per heavy atom. The van der Waals surface area contributed by atoms with Crippen molar-refractivity contribution in [1.82, 2.24) is 25.4 Å². The first-order valence-corrected chi connectivity index (χ1v) is 15.2. The summed E-state index contributed by atoms with van der Waals surface area (Å²) in [4.78, 5) is 29.9. The molecule has 3 aromatic heterocycles. The van der Waals surface area contributed by atoms with Crippen LogP contribution in [0.4, 0.5) is 0 Å². The van der Waals surface area contributed by atoms with Gasteiger partial charge in [0.15, 0.2) is 0 Å². The number of aromatic amines is 2. The van der Waals surface area contributed by atoms with Crippen LogP contribution in [0.3, 0.4) is 0 Å². The van der Waals surface area contributed by atoms with Gasteiger partial charge in [-0.2, -0.15) is 0 Å². The fraction of sp³-hybridized carbons (Fsp3) is 0.184. The van der Waals surface area contributed by atoms with Gasteiger partial charge in [-0.25, -0.2) is 10.8 Å². The zero-order valence-electron chi connectivity index (χ0n) is 26.2. The van der Waals surface area contributed by atoms with Gasteiger partial charge in [-0.05, 0) is 104 Å². The Morgan fingerprint density at radius 2 is 1.36 bits per heavy atom. The molecule has 8 bridgehead atoms. The molecule has 2 aromatic carbocycles. The van der Waals surface area contributed by atoms with Gasteiger partial charge in [0, 0.05) is 62.0 Å². The highest BCUT2D eigenvalue weighted by molar-refractivity contribution is 5.98. The van der Waals surface area contributed by atoms with Gasteiger partial charge in [-0.15, -0.1) is 0 Å². The molecule has 5 heterocycles. The monoisotopic (exact) mass is 592 g/mol. The van der Waals surface area contributed by atoms with Crippen molar-refractivity contribution in [2.75, 3.05) is 0 Å². The summed E-state index contributed by atoms with van der Waals surface area (Å²) in [7, 11) is 0. The molecule has 5 aromatic rings. The van der Waals surface area contributed by atoms with Crippen LogP contribution in [-0.4, -0.2) is 25.8 Å². The van der Waals surface area contributed by atoms with Gasteiger partial charge < -0.3 is 9.97 Å². The first-order chi connectivity index (χ1) is 21.6. The van der Waals surface area contributed by atoms with Crippen LogP contribution in [0.5, 0.6) is 0 Å². The molecule has 0 fully saturated rings. The van der Waals surface area contributed by atoms with Crippen LogP contribution in [0.2, 0.25) is 0 Å². The van der Waals surface area contributed by atoms with E-state index < -0.39 is 0 Å². The summed E-state index contributed by atoms with van der Waals surface area (Å²) >= 11 is 0. The van der Waals surface area contributed by atoms with E-state index in [4.69, 9.17) is 15.8 Å². The van der Waals surface area contributed by atoms with Crippen LogP contribution < -0.4 is 11.3 Å². The smallest absolute Gasteiger partial charge is 0.265 e. The van der Waals surface area contributed by atoms with E-state index in [1.165, 1.54) is 22.3 Å². The molecule has 5 N–H and O–H groups in total. The van der Waals surface area contributed by atoms with Crippen molar-refractivity contribution in [2.24, 2.45) is 5.84 Å².